The SMILES string of the molecule is CCCCCC1NC(=O)NC(C)=C1C(=O)OC(C)C. The summed E-state index contributed by atoms with van der Waals surface area (Å²) in [6, 6.07) is -0.494. The fourth-order valence-electron chi connectivity index (χ4n) is 2.15. The number of unbranched alkanes of at least 4 members (excludes halogenated alkanes) is 2. The minimum absolute atomic E-state index is 0.165. The number of hydrogen-bond acceptors (Lipinski definition) is 3. The van der Waals surface area contributed by atoms with E-state index in [-0.39, 0.29) is 24.1 Å². The van der Waals surface area contributed by atoms with E-state index in [4.69, 9.17) is 4.74 Å². The van der Waals surface area contributed by atoms with Gasteiger partial charge in [0, 0.05) is 5.70 Å². The summed E-state index contributed by atoms with van der Waals surface area (Å²) in [5.41, 5.74) is 1.14. The van der Waals surface area contributed by atoms with Crippen LogP contribution in [0.3, 0.4) is 0 Å². The molecule has 0 aromatic heterocycles. The maximum Gasteiger partial charge on any atom is 0.338 e. The molecule has 0 fully saturated rings. The highest BCUT2D eigenvalue weighted by Gasteiger charge is 2.30. The molecule has 1 aliphatic heterocycles. The summed E-state index contributed by atoms with van der Waals surface area (Å²) in [5.74, 6) is -0.346. The average molecular weight is 268 g/mol. The van der Waals surface area contributed by atoms with Crippen LogP contribution in [0, 0.1) is 0 Å². The molecular formula is C14H24N2O3. The molecule has 0 saturated carbocycles. The van der Waals surface area contributed by atoms with Crippen LogP contribution in [0.5, 0.6) is 0 Å². The predicted octanol–water partition coefficient (Wildman–Crippen LogP) is 2.47. The van der Waals surface area contributed by atoms with E-state index >= 15 is 0 Å². The van der Waals surface area contributed by atoms with E-state index in [1.807, 2.05) is 13.8 Å². The molecule has 5 heteroatoms. The van der Waals surface area contributed by atoms with Crippen LogP contribution in [0.2, 0.25) is 0 Å². The van der Waals surface area contributed by atoms with Crippen LogP contribution in [-0.4, -0.2) is 24.1 Å². The van der Waals surface area contributed by atoms with Crippen molar-refractivity contribution in [3.05, 3.63) is 11.3 Å². The van der Waals surface area contributed by atoms with Crippen molar-refractivity contribution < 1.29 is 14.3 Å². The summed E-state index contributed by atoms with van der Waals surface area (Å²) < 4.78 is 5.24. The molecule has 2 N–H and O–H groups in total. The van der Waals surface area contributed by atoms with E-state index in [9.17, 15) is 9.59 Å². The summed E-state index contributed by atoms with van der Waals surface area (Å²) in [5, 5.41) is 5.43. The number of nitrogens with one attached hydrogen (secondary N) is 2. The maximum atomic E-state index is 12.1. The Kier molecular flexibility index (Phi) is 5.86. The molecule has 19 heavy (non-hydrogen) atoms. The highest BCUT2D eigenvalue weighted by Crippen LogP contribution is 2.19. The standard InChI is InChI=1S/C14H24N2O3/c1-5-6-7-8-11-12(13(17)19-9(2)3)10(4)15-14(18)16-11/h9,11H,5-8H2,1-4H3,(H2,15,16,18). The zero-order valence-electron chi connectivity index (χ0n) is 12.2. The lowest BCUT2D eigenvalue weighted by molar-refractivity contribution is -0.143. The minimum atomic E-state index is -0.346. The van der Waals surface area contributed by atoms with Gasteiger partial charge in [-0.15, -0.1) is 0 Å². The number of carbonyl (C=O) groups excluding carboxylic acids is 2. The molecule has 0 radical (unpaired) electrons. The molecule has 1 heterocycles. The smallest absolute Gasteiger partial charge is 0.338 e. The van der Waals surface area contributed by atoms with E-state index in [2.05, 4.69) is 17.6 Å². The van der Waals surface area contributed by atoms with Crippen molar-refractivity contribution in [2.24, 2.45) is 0 Å². The van der Waals surface area contributed by atoms with Gasteiger partial charge in [0.05, 0.1) is 17.7 Å². The molecule has 0 bridgehead atoms. The first-order valence-electron chi connectivity index (χ1n) is 6.95. The summed E-state index contributed by atoms with van der Waals surface area (Å²) in [7, 11) is 0. The zero-order chi connectivity index (χ0) is 14.4. The number of allylic oxidation sites excluding steroid dienone is 1. The van der Waals surface area contributed by atoms with Crippen LogP contribution in [0.25, 0.3) is 0 Å². The third kappa shape index (κ3) is 4.58. The number of carbonyl (C=O) groups is 2. The largest absolute Gasteiger partial charge is 0.460 e. The fraction of sp³-hybridized carbons (Fsp3) is 0.714. The van der Waals surface area contributed by atoms with Gasteiger partial charge < -0.3 is 15.4 Å². The molecule has 0 aromatic rings. The predicted molar refractivity (Wildman–Crippen MR) is 73.5 cm³/mol. The molecule has 0 aliphatic carbocycles. The molecule has 0 spiro atoms. The molecule has 5 nitrogen and oxygen atoms in total. The quantitative estimate of drug-likeness (QED) is 0.574. The Balaban J connectivity index is 2.82. The lowest BCUT2D eigenvalue weighted by Crippen LogP contribution is -2.50. The van der Waals surface area contributed by atoms with Gasteiger partial charge in [-0.25, -0.2) is 9.59 Å². The second-order valence-electron chi connectivity index (χ2n) is 5.14. The van der Waals surface area contributed by atoms with Crippen LogP contribution in [0.15, 0.2) is 11.3 Å². The Morgan fingerprint density at radius 1 is 1.37 bits per heavy atom. The maximum absolute atomic E-state index is 12.1. The topological polar surface area (TPSA) is 67.4 Å². The van der Waals surface area contributed by atoms with Gasteiger partial charge in [0.25, 0.3) is 0 Å². The number of esters is 1. The van der Waals surface area contributed by atoms with Gasteiger partial charge in [-0.1, -0.05) is 26.2 Å². The van der Waals surface area contributed by atoms with Gasteiger partial charge in [-0.3, -0.25) is 0 Å². The first kappa shape index (κ1) is 15.5. The van der Waals surface area contributed by atoms with Gasteiger partial charge in [0.1, 0.15) is 0 Å². The molecule has 1 unspecified atom stereocenters. The van der Waals surface area contributed by atoms with Crippen LogP contribution >= 0.6 is 0 Å². The van der Waals surface area contributed by atoms with Crippen molar-refractivity contribution in [2.75, 3.05) is 0 Å². The first-order chi connectivity index (χ1) is 8.95. The monoisotopic (exact) mass is 268 g/mol. The van der Waals surface area contributed by atoms with Crippen LogP contribution in [0.1, 0.15) is 53.4 Å². The van der Waals surface area contributed by atoms with E-state index in [0.717, 1.165) is 25.7 Å². The minimum Gasteiger partial charge on any atom is -0.460 e. The normalized spacial score (nSPS) is 19.2. The van der Waals surface area contributed by atoms with Crippen molar-refractivity contribution in [3.8, 4) is 0 Å². The van der Waals surface area contributed by atoms with Crippen molar-refractivity contribution in [2.45, 2.75) is 65.5 Å². The Morgan fingerprint density at radius 3 is 2.63 bits per heavy atom. The van der Waals surface area contributed by atoms with Crippen LogP contribution < -0.4 is 10.6 Å². The van der Waals surface area contributed by atoms with Gasteiger partial charge in [0.15, 0.2) is 0 Å². The fourth-order valence-corrected chi connectivity index (χ4v) is 2.15. The second-order valence-corrected chi connectivity index (χ2v) is 5.14. The Labute approximate surface area is 114 Å². The van der Waals surface area contributed by atoms with Crippen molar-refractivity contribution >= 4 is 12.0 Å². The molecule has 108 valence electrons. The van der Waals surface area contributed by atoms with Crippen LogP contribution in [0.4, 0.5) is 4.79 Å². The number of rotatable bonds is 6. The Bertz CT molecular complexity index is 375. The van der Waals surface area contributed by atoms with Gasteiger partial charge in [0.2, 0.25) is 0 Å². The summed E-state index contributed by atoms with van der Waals surface area (Å²) >= 11 is 0. The van der Waals surface area contributed by atoms with E-state index in [1.54, 1.807) is 6.92 Å². The number of amides is 2. The van der Waals surface area contributed by atoms with E-state index in [1.165, 1.54) is 0 Å². The van der Waals surface area contributed by atoms with E-state index < -0.39 is 0 Å². The lowest BCUT2D eigenvalue weighted by atomic mass is 9.97. The second kappa shape index (κ2) is 7.16. The Hall–Kier alpha value is -1.52. The highest BCUT2D eigenvalue weighted by atomic mass is 16.5. The molecule has 2 amide bonds. The van der Waals surface area contributed by atoms with Gasteiger partial charge in [-0.05, 0) is 27.2 Å². The summed E-state index contributed by atoms with van der Waals surface area (Å²) in [6.45, 7) is 7.49. The summed E-state index contributed by atoms with van der Waals surface area (Å²) in [4.78, 5) is 23.6. The average Bonchev–Trinajstić information content (AvgIpc) is 2.27. The van der Waals surface area contributed by atoms with Crippen molar-refractivity contribution in [1.82, 2.24) is 10.6 Å². The number of hydrogen-bond donors (Lipinski definition) is 2. The van der Waals surface area contributed by atoms with Crippen molar-refractivity contribution in [1.29, 1.82) is 0 Å². The highest BCUT2D eigenvalue weighted by molar-refractivity contribution is 5.94. The third-order valence-corrected chi connectivity index (χ3v) is 3.02. The molecule has 1 atom stereocenters. The van der Waals surface area contributed by atoms with Gasteiger partial charge >= 0.3 is 12.0 Å². The van der Waals surface area contributed by atoms with Gasteiger partial charge in [-0.2, -0.15) is 0 Å². The third-order valence-electron chi connectivity index (χ3n) is 3.02. The molecule has 1 rings (SSSR count). The van der Waals surface area contributed by atoms with Crippen LogP contribution in [-0.2, 0) is 9.53 Å². The first-order valence-corrected chi connectivity index (χ1v) is 6.95. The number of urea groups is 1. The molecular weight excluding hydrogens is 244 g/mol. The van der Waals surface area contributed by atoms with Crippen molar-refractivity contribution in [3.63, 3.8) is 0 Å². The molecule has 0 aromatic carbocycles. The lowest BCUT2D eigenvalue weighted by Gasteiger charge is -2.28. The van der Waals surface area contributed by atoms with E-state index in [0.29, 0.717) is 11.3 Å². The molecule has 0 saturated heterocycles. The number of ether oxygens (including phenoxy) is 1. The summed E-state index contributed by atoms with van der Waals surface area (Å²) in [6.07, 6.45) is 3.77. The molecule has 1 aliphatic rings. The Morgan fingerprint density at radius 2 is 2.05 bits per heavy atom. The zero-order valence-corrected chi connectivity index (χ0v) is 12.2.